The summed E-state index contributed by atoms with van der Waals surface area (Å²) in [6.45, 7) is 7.26. The lowest BCUT2D eigenvalue weighted by Crippen LogP contribution is -2.30. The predicted molar refractivity (Wildman–Crippen MR) is 79.9 cm³/mol. The summed E-state index contributed by atoms with van der Waals surface area (Å²) in [4.78, 5) is 25.2. The van der Waals surface area contributed by atoms with Crippen LogP contribution in [0, 0.1) is 6.92 Å². The van der Waals surface area contributed by atoms with Crippen molar-refractivity contribution in [3.05, 3.63) is 29.8 Å². The van der Waals surface area contributed by atoms with Crippen molar-refractivity contribution in [2.75, 3.05) is 24.6 Å². The Kier molecular flexibility index (Phi) is 6.77. The van der Waals surface area contributed by atoms with E-state index >= 15 is 0 Å². The topological polar surface area (TPSA) is 46.6 Å². The molecule has 0 aliphatic carbocycles. The Labute approximate surface area is 120 Å². The van der Waals surface area contributed by atoms with Gasteiger partial charge in [-0.25, -0.2) is 0 Å². The van der Waals surface area contributed by atoms with Crippen molar-refractivity contribution in [2.45, 2.75) is 33.6 Å². The highest BCUT2D eigenvalue weighted by Crippen LogP contribution is 2.19. The van der Waals surface area contributed by atoms with E-state index in [1.807, 2.05) is 43.0 Å². The number of carbonyl (C=O) groups excluding carboxylic acids is 2. The number of ketones is 1. The fourth-order valence-electron chi connectivity index (χ4n) is 2.05. The van der Waals surface area contributed by atoms with Gasteiger partial charge in [0.15, 0.2) is 5.78 Å². The standard InChI is InChI=1S/C16H23NO3/c1-4-17(15-9-7-6-8-13(15)3)12-14(18)10-11-16(19)20-5-2/h6-9H,4-5,10-12H2,1-3H3. The Balaban J connectivity index is 2.54. The summed E-state index contributed by atoms with van der Waals surface area (Å²) in [7, 11) is 0. The summed E-state index contributed by atoms with van der Waals surface area (Å²) < 4.78 is 4.82. The minimum atomic E-state index is -0.306. The number of hydrogen-bond donors (Lipinski definition) is 0. The molecule has 1 aromatic rings. The number of likely N-dealkylation sites (N-methyl/N-ethyl adjacent to an activating group) is 1. The van der Waals surface area contributed by atoms with E-state index in [1.54, 1.807) is 6.92 Å². The quantitative estimate of drug-likeness (QED) is 0.685. The van der Waals surface area contributed by atoms with Gasteiger partial charge in [-0.15, -0.1) is 0 Å². The molecule has 0 amide bonds. The van der Waals surface area contributed by atoms with E-state index in [9.17, 15) is 9.59 Å². The maximum absolute atomic E-state index is 12.0. The Hall–Kier alpha value is -1.84. The Morgan fingerprint density at radius 2 is 1.85 bits per heavy atom. The molecule has 0 bridgehead atoms. The van der Waals surface area contributed by atoms with Gasteiger partial charge in [0.2, 0.25) is 0 Å². The highest BCUT2D eigenvalue weighted by Gasteiger charge is 2.13. The molecule has 20 heavy (non-hydrogen) atoms. The van der Waals surface area contributed by atoms with Crippen LogP contribution < -0.4 is 4.90 Å². The van der Waals surface area contributed by atoms with Crippen LogP contribution in [0.25, 0.3) is 0 Å². The van der Waals surface area contributed by atoms with E-state index in [4.69, 9.17) is 4.74 Å². The van der Waals surface area contributed by atoms with E-state index < -0.39 is 0 Å². The number of aryl methyl sites for hydroxylation is 1. The third-order valence-corrected chi connectivity index (χ3v) is 3.12. The summed E-state index contributed by atoms with van der Waals surface area (Å²) in [5.41, 5.74) is 2.21. The summed E-state index contributed by atoms with van der Waals surface area (Å²) >= 11 is 0. The van der Waals surface area contributed by atoms with Crippen LogP contribution >= 0.6 is 0 Å². The van der Waals surface area contributed by atoms with Gasteiger partial charge in [0.25, 0.3) is 0 Å². The smallest absolute Gasteiger partial charge is 0.306 e. The van der Waals surface area contributed by atoms with Crippen molar-refractivity contribution in [1.82, 2.24) is 0 Å². The number of nitrogens with zero attached hydrogens (tertiary/aromatic N) is 1. The number of benzene rings is 1. The Bertz CT molecular complexity index is 457. The molecule has 0 N–H and O–H groups in total. The second-order valence-corrected chi connectivity index (χ2v) is 4.64. The SMILES string of the molecule is CCOC(=O)CCC(=O)CN(CC)c1ccccc1C. The van der Waals surface area contributed by atoms with Gasteiger partial charge in [0.05, 0.1) is 19.6 Å². The molecular weight excluding hydrogens is 254 g/mol. The molecule has 1 rings (SSSR count). The summed E-state index contributed by atoms with van der Waals surface area (Å²) in [6, 6.07) is 7.99. The molecule has 0 spiro atoms. The first-order valence-corrected chi connectivity index (χ1v) is 7.06. The van der Waals surface area contributed by atoms with Gasteiger partial charge >= 0.3 is 5.97 Å². The Morgan fingerprint density at radius 1 is 1.15 bits per heavy atom. The van der Waals surface area contributed by atoms with Crippen molar-refractivity contribution >= 4 is 17.4 Å². The molecule has 1 aromatic carbocycles. The molecule has 0 aliphatic rings. The van der Waals surface area contributed by atoms with Crippen LogP contribution in [0.1, 0.15) is 32.3 Å². The fraction of sp³-hybridized carbons (Fsp3) is 0.500. The maximum atomic E-state index is 12.0. The molecule has 0 fully saturated rings. The van der Waals surface area contributed by atoms with E-state index in [2.05, 4.69) is 0 Å². The molecule has 4 nitrogen and oxygen atoms in total. The molecule has 0 radical (unpaired) electrons. The van der Waals surface area contributed by atoms with Crippen molar-refractivity contribution < 1.29 is 14.3 Å². The minimum absolute atomic E-state index is 0.0585. The fourth-order valence-corrected chi connectivity index (χ4v) is 2.05. The number of rotatable bonds is 8. The molecule has 0 aromatic heterocycles. The highest BCUT2D eigenvalue weighted by molar-refractivity contribution is 5.86. The van der Waals surface area contributed by atoms with Crippen LogP contribution in [-0.2, 0) is 14.3 Å². The average molecular weight is 277 g/mol. The van der Waals surface area contributed by atoms with Crippen molar-refractivity contribution in [1.29, 1.82) is 0 Å². The van der Waals surface area contributed by atoms with Gasteiger partial charge < -0.3 is 9.64 Å². The number of para-hydroxylation sites is 1. The molecule has 0 unspecified atom stereocenters. The van der Waals surface area contributed by atoms with Crippen LogP contribution in [0.15, 0.2) is 24.3 Å². The largest absolute Gasteiger partial charge is 0.466 e. The zero-order chi connectivity index (χ0) is 15.0. The van der Waals surface area contributed by atoms with Crippen molar-refractivity contribution in [3.8, 4) is 0 Å². The van der Waals surface area contributed by atoms with Crippen LogP contribution in [-0.4, -0.2) is 31.4 Å². The highest BCUT2D eigenvalue weighted by atomic mass is 16.5. The Morgan fingerprint density at radius 3 is 2.45 bits per heavy atom. The van der Waals surface area contributed by atoms with Crippen LogP contribution in [0.3, 0.4) is 0 Å². The summed E-state index contributed by atoms with van der Waals surface area (Å²) in [5.74, 6) is -0.247. The van der Waals surface area contributed by atoms with E-state index in [0.29, 0.717) is 13.2 Å². The number of anilines is 1. The molecule has 0 saturated heterocycles. The normalized spacial score (nSPS) is 10.2. The molecule has 110 valence electrons. The van der Waals surface area contributed by atoms with Gasteiger partial charge in [-0.3, -0.25) is 9.59 Å². The van der Waals surface area contributed by atoms with Crippen LogP contribution in [0.4, 0.5) is 5.69 Å². The van der Waals surface area contributed by atoms with Crippen LogP contribution in [0.2, 0.25) is 0 Å². The first kappa shape index (κ1) is 16.2. The van der Waals surface area contributed by atoms with Gasteiger partial charge in [0, 0.05) is 18.7 Å². The predicted octanol–water partition coefficient (Wildman–Crippen LogP) is 2.73. The monoisotopic (exact) mass is 277 g/mol. The van der Waals surface area contributed by atoms with E-state index in [0.717, 1.165) is 17.8 Å². The molecule has 0 saturated carbocycles. The lowest BCUT2D eigenvalue weighted by Gasteiger charge is -2.24. The first-order chi connectivity index (χ1) is 9.58. The lowest BCUT2D eigenvalue weighted by atomic mass is 10.1. The van der Waals surface area contributed by atoms with Gasteiger partial charge in [-0.2, -0.15) is 0 Å². The first-order valence-electron chi connectivity index (χ1n) is 7.06. The van der Waals surface area contributed by atoms with Gasteiger partial charge in [0.1, 0.15) is 0 Å². The number of ether oxygens (including phenoxy) is 1. The number of hydrogen-bond acceptors (Lipinski definition) is 4. The summed E-state index contributed by atoms with van der Waals surface area (Å²) in [5, 5.41) is 0. The molecule has 0 aliphatic heterocycles. The summed E-state index contributed by atoms with van der Waals surface area (Å²) in [6.07, 6.45) is 0.402. The third kappa shape index (κ3) is 5.03. The van der Waals surface area contributed by atoms with E-state index in [-0.39, 0.29) is 24.6 Å². The van der Waals surface area contributed by atoms with Crippen molar-refractivity contribution in [2.24, 2.45) is 0 Å². The zero-order valence-electron chi connectivity index (χ0n) is 12.5. The zero-order valence-corrected chi connectivity index (χ0v) is 12.5. The molecule has 0 atom stereocenters. The van der Waals surface area contributed by atoms with E-state index in [1.165, 1.54) is 0 Å². The number of carbonyl (C=O) groups is 2. The van der Waals surface area contributed by atoms with Crippen LogP contribution in [0.5, 0.6) is 0 Å². The average Bonchev–Trinajstić information content (AvgIpc) is 2.44. The minimum Gasteiger partial charge on any atom is -0.466 e. The second-order valence-electron chi connectivity index (χ2n) is 4.64. The van der Waals surface area contributed by atoms with Gasteiger partial charge in [-0.05, 0) is 32.4 Å². The maximum Gasteiger partial charge on any atom is 0.306 e. The van der Waals surface area contributed by atoms with Gasteiger partial charge in [-0.1, -0.05) is 18.2 Å². The number of esters is 1. The third-order valence-electron chi connectivity index (χ3n) is 3.12. The molecule has 0 heterocycles. The molecular formula is C16H23NO3. The lowest BCUT2D eigenvalue weighted by molar-refractivity contribution is -0.144. The molecule has 4 heteroatoms. The second kappa shape index (κ2) is 8.35. The number of Topliss-reactive ketones (excluding diaryl/α,β-unsaturated/α-hetero) is 1. The van der Waals surface area contributed by atoms with Crippen molar-refractivity contribution in [3.63, 3.8) is 0 Å².